The molecule has 0 atom stereocenters. The summed E-state index contributed by atoms with van der Waals surface area (Å²) in [4.78, 5) is 33.4. The summed E-state index contributed by atoms with van der Waals surface area (Å²) in [6.45, 7) is 11.8. The van der Waals surface area contributed by atoms with E-state index in [2.05, 4.69) is 9.97 Å². The number of carbonyl (C=O) groups is 2. The molecule has 0 aliphatic carbocycles. The second-order valence-corrected chi connectivity index (χ2v) is 7.32. The van der Waals surface area contributed by atoms with Crippen LogP contribution in [0.5, 0.6) is 0 Å². The summed E-state index contributed by atoms with van der Waals surface area (Å²) in [6, 6.07) is 1.51. The Bertz CT molecular complexity index is 557. The third-order valence-corrected chi connectivity index (χ3v) is 2.36. The average Bonchev–Trinajstić information content (AvgIpc) is 2.21. The van der Waals surface area contributed by atoms with E-state index in [-0.39, 0.29) is 11.1 Å². The zero-order valence-corrected chi connectivity index (χ0v) is 15.2. The standard InChI is InChI=1S/C15H22ClN3O4/c1-9-8-10(16)18-11(17-9)19(12(20)22-14(2,3)4)13(21)23-15(5,6)7/h8H,1-7H3. The lowest BCUT2D eigenvalue weighted by atomic mass is 10.2. The summed E-state index contributed by atoms with van der Waals surface area (Å²) in [5.41, 5.74) is -1.10. The van der Waals surface area contributed by atoms with Crippen LogP contribution in [0, 0.1) is 6.92 Å². The molecule has 0 bridgehead atoms. The zero-order chi connectivity index (χ0) is 18.0. The van der Waals surface area contributed by atoms with Crippen LogP contribution in [-0.4, -0.2) is 33.4 Å². The molecule has 0 fully saturated rings. The lowest BCUT2D eigenvalue weighted by molar-refractivity contribution is 0.0427. The molecular weight excluding hydrogens is 322 g/mol. The van der Waals surface area contributed by atoms with Gasteiger partial charge in [-0.05, 0) is 54.5 Å². The van der Waals surface area contributed by atoms with Gasteiger partial charge < -0.3 is 9.47 Å². The Morgan fingerprint density at radius 2 is 1.43 bits per heavy atom. The number of imide groups is 1. The Balaban J connectivity index is 3.25. The maximum absolute atomic E-state index is 12.4. The highest BCUT2D eigenvalue weighted by molar-refractivity contribution is 6.29. The Hall–Kier alpha value is -1.89. The molecule has 0 aliphatic heterocycles. The van der Waals surface area contributed by atoms with Gasteiger partial charge >= 0.3 is 12.2 Å². The molecule has 1 heterocycles. The van der Waals surface area contributed by atoms with Gasteiger partial charge in [0.25, 0.3) is 0 Å². The van der Waals surface area contributed by atoms with Gasteiger partial charge in [0.2, 0.25) is 5.95 Å². The molecule has 0 saturated carbocycles. The summed E-state index contributed by atoms with van der Waals surface area (Å²) >= 11 is 5.89. The number of aromatic nitrogens is 2. The topological polar surface area (TPSA) is 81.6 Å². The molecule has 0 spiro atoms. The van der Waals surface area contributed by atoms with Crippen molar-refractivity contribution in [3.63, 3.8) is 0 Å². The minimum absolute atomic E-state index is 0.101. The van der Waals surface area contributed by atoms with Gasteiger partial charge in [-0.25, -0.2) is 19.6 Å². The first kappa shape index (κ1) is 19.2. The van der Waals surface area contributed by atoms with E-state index in [1.165, 1.54) is 6.07 Å². The van der Waals surface area contributed by atoms with Gasteiger partial charge in [0.15, 0.2) is 0 Å². The predicted molar refractivity (Wildman–Crippen MR) is 86.7 cm³/mol. The molecule has 0 aromatic carbocycles. The van der Waals surface area contributed by atoms with Gasteiger partial charge in [-0.3, -0.25) is 0 Å². The number of rotatable bonds is 1. The number of anilines is 1. The fraction of sp³-hybridized carbons (Fsp3) is 0.600. The van der Waals surface area contributed by atoms with Crippen LogP contribution in [-0.2, 0) is 9.47 Å². The van der Waals surface area contributed by atoms with Crippen LogP contribution < -0.4 is 4.90 Å². The lowest BCUT2D eigenvalue weighted by Crippen LogP contribution is -2.44. The second kappa shape index (κ2) is 6.70. The van der Waals surface area contributed by atoms with Crippen molar-refractivity contribution in [1.29, 1.82) is 0 Å². The normalized spacial score (nSPS) is 11.8. The number of ether oxygens (including phenoxy) is 2. The van der Waals surface area contributed by atoms with Gasteiger partial charge in [0.05, 0.1) is 0 Å². The molecule has 8 heteroatoms. The lowest BCUT2D eigenvalue weighted by Gasteiger charge is -2.27. The zero-order valence-electron chi connectivity index (χ0n) is 14.4. The molecule has 23 heavy (non-hydrogen) atoms. The second-order valence-electron chi connectivity index (χ2n) is 6.93. The number of aryl methyl sites for hydroxylation is 1. The molecule has 0 aliphatic rings. The fourth-order valence-electron chi connectivity index (χ4n) is 1.47. The van der Waals surface area contributed by atoms with Gasteiger partial charge in [-0.2, -0.15) is 0 Å². The smallest absolute Gasteiger partial charge is 0.427 e. The summed E-state index contributed by atoms with van der Waals surface area (Å²) in [5.74, 6) is -0.196. The SMILES string of the molecule is Cc1cc(Cl)nc(N(C(=O)OC(C)(C)C)C(=O)OC(C)(C)C)n1. The van der Waals surface area contributed by atoms with Crippen LogP contribution in [0.3, 0.4) is 0 Å². The first-order valence-corrected chi connectivity index (χ1v) is 7.43. The Labute approximate surface area is 140 Å². The Morgan fingerprint density at radius 3 is 1.78 bits per heavy atom. The third kappa shape index (κ3) is 6.40. The van der Waals surface area contributed by atoms with E-state index in [4.69, 9.17) is 21.1 Å². The number of carbonyl (C=O) groups excluding carboxylic acids is 2. The quantitative estimate of drug-likeness (QED) is 0.713. The first-order chi connectivity index (χ1) is 10.3. The van der Waals surface area contributed by atoms with Gasteiger partial charge in [-0.1, -0.05) is 11.6 Å². The number of hydrogen-bond donors (Lipinski definition) is 0. The van der Waals surface area contributed by atoms with E-state index in [0.717, 1.165) is 0 Å². The van der Waals surface area contributed by atoms with Crippen LogP contribution in [0.2, 0.25) is 5.15 Å². The molecule has 0 unspecified atom stereocenters. The molecule has 128 valence electrons. The maximum Gasteiger partial charge on any atom is 0.427 e. The van der Waals surface area contributed by atoms with E-state index in [1.54, 1.807) is 48.5 Å². The molecular formula is C15H22ClN3O4. The van der Waals surface area contributed by atoms with E-state index < -0.39 is 23.4 Å². The molecule has 2 amide bonds. The molecule has 1 rings (SSSR count). The van der Waals surface area contributed by atoms with Gasteiger partial charge in [0, 0.05) is 5.69 Å². The summed E-state index contributed by atoms with van der Waals surface area (Å²) in [6.07, 6.45) is -1.87. The van der Waals surface area contributed by atoms with Crippen molar-refractivity contribution in [3.05, 3.63) is 16.9 Å². The molecule has 1 aromatic rings. The molecule has 0 saturated heterocycles. The largest absolute Gasteiger partial charge is 0.443 e. The minimum atomic E-state index is -0.937. The summed E-state index contributed by atoms with van der Waals surface area (Å²) in [7, 11) is 0. The van der Waals surface area contributed by atoms with Crippen LogP contribution >= 0.6 is 11.6 Å². The van der Waals surface area contributed by atoms with Crippen molar-refractivity contribution in [2.24, 2.45) is 0 Å². The molecule has 7 nitrogen and oxygen atoms in total. The number of amides is 2. The first-order valence-electron chi connectivity index (χ1n) is 7.06. The van der Waals surface area contributed by atoms with Crippen molar-refractivity contribution in [2.75, 3.05) is 4.90 Å². The maximum atomic E-state index is 12.4. The van der Waals surface area contributed by atoms with Crippen molar-refractivity contribution in [2.45, 2.75) is 59.7 Å². The summed E-state index contributed by atoms with van der Waals surface area (Å²) in [5, 5.41) is 0.101. The molecule has 1 aromatic heterocycles. The van der Waals surface area contributed by atoms with Gasteiger partial charge in [0.1, 0.15) is 16.4 Å². The van der Waals surface area contributed by atoms with Crippen molar-refractivity contribution >= 4 is 29.7 Å². The highest BCUT2D eigenvalue weighted by Gasteiger charge is 2.34. The highest BCUT2D eigenvalue weighted by atomic mass is 35.5. The average molecular weight is 344 g/mol. The van der Waals surface area contributed by atoms with E-state index in [1.807, 2.05) is 0 Å². The van der Waals surface area contributed by atoms with Crippen molar-refractivity contribution in [3.8, 4) is 0 Å². The van der Waals surface area contributed by atoms with E-state index in [9.17, 15) is 9.59 Å². The number of nitrogens with zero attached hydrogens (tertiary/aromatic N) is 3. The van der Waals surface area contributed by atoms with Crippen LogP contribution in [0.25, 0.3) is 0 Å². The van der Waals surface area contributed by atoms with E-state index >= 15 is 0 Å². The third-order valence-electron chi connectivity index (χ3n) is 2.16. The number of hydrogen-bond acceptors (Lipinski definition) is 6. The highest BCUT2D eigenvalue weighted by Crippen LogP contribution is 2.20. The van der Waals surface area contributed by atoms with Crippen molar-refractivity contribution < 1.29 is 19.1 Å². The Kier molecular flexibility index (Phi) is 5.58. The van der Waals surface area contributed by atoms with Crippen LogP contribution in [0.4, 0.5) is 15.5 Å². The van der Waals surface area contributed by atoms with Crippen LogP contribution in [0.15, 0.2) is 6.07 Å². The van der Waals surface area contributed by atoms with E-state index in [0.29, 0.717) is 10.6 Å². The van der Waals surface area contributed by atoms with Crippen molar-refractivity contribution in [1.82, 2.24) is 9.97 Å². The monoisotopic (exact) mass is 343 g/mol. The summed E-state index contributed by atoms with van der Waals surface area (Å²) < 4.78 is 10.5. The van der Waals surface area contributed by atoms with Gasteiger partial charge in [-0.15, -0.1) is 4.90 Å². The van der Waals surface area contributed by atoms with Crippen LogP contribution in [0.1, 0.15) is 47.2 Å². The fourth-order valence-corrected chi connectivity index (χ4v) is 1.70. The minimum Gasteiger partial charge on any atom is -0.443 e. The molecule has 0 radical (unpaired) electrons. The Morgan fingerprint density at radius 1 is 1.00 bits per heavy atom. The predicted octanol–water partition coefficient (Wildman–Crippen LogP) is 4.12. The number of halogens is 1. The molecule has 0 N–H and O–H groups in total.